The molecule has 0 aliphatic heterocycles. The maximum Gasteiger partial charge on any atom is 0.361 e. The molecule has 2 rings (SSSR count). The van der Waals surface area contributed by atoms with Crippen molar-refractivity contribution in [1.82, 2.24) is 15.0 Å². The zero-order chi connectivity index (χ0) is 16.3. The van der Waals surface area contributed by atoms with Crippen molar-refractivity contribution in [2.75, 3.05) is 14.2 Å². The molecule has 0 saturated heterocycles. The molecule has 0 radical (unpaired) electrons. The quantitative estimate of drug-likeness (QED) is 0.788. The van der Waals surface area contributed by atoms with Gasteiger partial charge in [-0.2, -0.15) is 0 Å². The zero-order valence-corrected chi connectivity index (χ0v) is 11.7. The highest BCUT2D eigenvalue weighted by atomic mass is 19.1. The van der Waals surface area contributed by atoms with Crippen molar-refractivity contribution in [2.45, 2.75) is 6.54 Å². The first-order valence-corrected chi connectivity index (χ1v) is 6.02. The SMILES string of the molecule is COC(=O)c1nnn(Cc2cc(F)ccc2F)c1C(=O)OC. The maximum atomic E-state index is 13.7. The van der Waals surface area contributed by atoms with E-state index in [2.05, 4.69) is 19.8 Å². The van der Waals surface area contributed by atoms with Crippen molar-refractivity contribution < 1.29 is 27.8 Å². The Balaban J connectivity index is 2.47. The minimum atomic E-state index is -0.901. The molecule has 22 heavy (non-hydrogen) atoms. The molecule has 7 nitrogen and oxygen atoms in total. The second-order valence-corrected chi connectivity index (χ2v) is 4.16. The van der Waals surface area contributed by atoms with Crippen LogP contribution in [0.5, 0.6) is 0 Å². The molecular weight excluding hydrogens is 300 g/mol. The van der Waals surface area contributed by atoms with Gasteiger partial charge < -0.3 is 9.47 Å². The molecule has 9 heteroatoms. The number of methoxy groups -OCH3 is 2. The molecule has 0 aliphatic carbocycles. The highest BCUT2D eigenvalue weighted by Gasteiger charge is 2.27. The second kappa shape index (κ2) is 6.29. The first kappa shape index (κ1) is 15.5. The van der Waals surface area contributed by atoms with Crippen LogP contribution >= 0.6 is 0 Å². The number of ether oxygens (including phenoxy) is 2. The lowest BCUT2D eigenvalue weighted by Gasteiger charge is -2.07. The fourth-order valence-electron chi connectivity index (χ4n) is 1.78. The van der Waals surface area contributed by atoms with Gasteiger partial charge in [0.1, 0.15) is 11.6 Å². The summed E-state index contributed by atoms with van der Waals surface area (Å²) in [5.41, 5.74) is -0.740. The third-order valence-electron chi connectivity index (χ3n) is 2.82. The van der Waals surface area contributed by atoms with Gasteiger partial charge in [-0.1, -0.05) is 5.21 Å². The first-order chi connectivity index (χ1) is 10.5. The summed E-state index contributed by atoms with van der Waals surface area (Å²) in [6.07, 6.45) is 0. The number of nitrogens with zero attached hydrogens (tertiary/aromatic N) is 3. The van der Waals surface area contributed by atoms with Crippen LogP contribution in [-0.4, -0.2) is 41.2 Å². The zero-order valence-electron chi connectivity index (χ0n) is 11.7. The number of halogens is 2. The van der Waals surface area contributed by atoms with Crippen LogP contribution in [0.25, 0.3) is 0 Å². The molecule has 0 aliphatic rings. The summed E-state index contributed by atoms with van der Waals surface area (Å²) >= 11 is 0. The van der Waals surface area contributed by atoms with Crippen LogP contribution in [0.3, 0.4) is 0 Å². The molecule has 0 saturated carbocycles. The lowest BCUT2D eigenvalue weighted by atomic mass is 10.2. The average Bonchev–Trinajstić information content (AvgIpc) is 2.93. The largest absolute Gasteiger partial charge is 0.464 e. The number of benzene rings is 1. The van der Waals surface area contributed by atoms with Gasteiger partial charge in [0.15, 0.2) is 5.69 Å². The van der Waals surface area contributed by atoms with Crippen molar-refractivity contribution in [3.8, 4) is 0 Å². The van der Waals surface area contributed by atoms with Gasteiger partial charge in [0.05, 0.1) is 20.8 Å². The van der Waals surface area contributed by atoms with E-state index in [9.17, 15) is 18.4 Å². The van der Waals surface area contributed by atoms with Crippen molar-refractivity contribution in [2.24, 2.45) is 0 Å². The monoisotopic (exact) mass is 311 g/mol. The van der Waals surface area contributed by atoms with Gasteiger partial charge >= 0.3 is 11.9 Å². The number of carbonyl (C=O) groups excluding carboxylic acids is 2. The van der Waals surface area contributed by atoms with Crippen LogP contribution in [0.2, 0.25) is 0 Å². The van der Waals surface area contributed by atoms with E-state index < -0.39 is 23.6 Å². The van der Waals surface area contributed by atoms with Gasteiger partial charge in [0.25, 0.3) is 0 Å². The summed E-state index contributed by atoms with van der Waals surface area (Å²) in [5, 5.41) is 7.12. The predicted octanol–water partition coefficient (Wildman–Crippen LogP) is 1.18. The van der Waals surface area contributed by atoms with Crippen LogP contribution in [-0.2, 0) is 16.0 Å². The number of hydrogen-bond acceptors (Lipinski definition) is 6. The van der Waals surface area contributed by atoms with Crippen molar-refractivity contribution in [3.63, 3.8) is 0 Å². The number of hydrogen-bond donors (Lipinski definition) is 0. The van der Waals surface area contributed by atoms with Crippen LogP contribution in [0.4, 0.5) is 8.78 Å². The molecule has 0 amide bonds. The highest BCUT2D eigenvalue weighted by Crippen LogP contribution is 2.15. The Labute approximate surface area is 123 Å². The first-order valence-electron chi connectivity index (χ1n) is 6.02. The van der Waals surface area contributed by atoms with Gasteiger partial charge in [0, 0.05) is 5.56 Å². The molecule has 2 aromatic rings. The average molecular weight is 311 g/mol. The maximum absolute atomic E-state index is 13.7. The molecule has 116 valence electrons. The number of rotatable bonds is 4. The van der Waals surface area contributed by atoms with E-state index in [1.807, 2.05) is 0 Å². The van der Waals surface area contributed by atoms with E-state index in [4.69, 9.17) is 0 Å². The van der Waals surface area contributed by atoms with Crippen LogP contribution < -0.4 is 0 Å². The Kier molecular flexibility index (Phi) is 4.44. The lowest BCUT2D eigenvalue weighted by Crippen LogP contribution is -2.17. The van der Waals surface area contributed by atoms with Crippen molar-refractivity contribution in [3.05, 3.63) is 46.8 Å². The number of esters is 2. The second-order valence-electron chi connectivity index (χ2n) is 4.16. The van der Waals surface area contributed by atoms with Gasteiger partial charge in [0.2, 0.25) is 5.69 Å². The summed E-state index contributed by atoms with van der Waals surface area (Å²) in [5.74, 6) is -3.13. The Morgan fingerprint density at radius 2 is 1.86 bits per heavy atom. The summed E-state index contributed by atoms with van der Waals surface area (Å²) < 4.78 is 36.8. The molecule has 0 bridgehead atoms. The van der Waals surface area contributed by atoms with Crippen LogP contribution in [0.1, 0.15) is 26.5 Å². The van der Waals surface area contributed by atoms with Crippen molar-refractivity contribution >= 4 is 11.9 Å². The smallest absolute Gasteiger partial charge is 0.361 e. The van der Waals surface area contributed by atoms with E-state index in [0.29, 0.717) is 0 Å². The van der Waals surface area contributed by atoms with Crippen LogP contribution in [0, 0.1) is 11.6 Å². The standard InChI is InChI=1S/C13H11F2N3O4/c1-21-12(19)10-11(13(20)22-2)18(17-16-10)6-7-5-8(14)3-4-9(7)15/h3-5H,6H2,1-2H3. The van der Waals surface area contributed by atoms with E-state index >= 15 is 0 Å². The van der Waals surface area contributed by atoms with Gasteiger partial charge in [-0.3, -0.25) is 0 Å². The fraction of sp³-hybridized carbons (Fsp3) is 0.231. The fourth-order valence-corrected chi connectivity index (χ4v) is 1.78. The summed E-state index contributed by atoms with van der Waals surface area (Å²) in [4.78, 5) is 23.3. The molecular formula is C13H11F2N3O4. The normalized spacial score (nSPS) is 10.4. The topological polar surface area (TPSA) is 83.3 Å². The van der Waals surface area contributed by atoms with Crippen LogP contribution in [0.15, 0.2) is 18.2 Å². The summed E-state index contributed by atoms with van der Waals surface area (Å²) in [7, 11) is 2.21. The van der Waals surface area contributed by atoms with E-state index in [-0.39, 0.29) is 23.5 Å². The Morgan fingerprint density at radius 3 is 2.50 bits per heavy atom. The summed E-state index contributed by atoms with van der Waals surface area (Å²) in [6, 6.07) is 2.86. The molecule has 1 aromatic carbocycles. The van der Waals surface area contributed by atoms with Gasteiger partial charge in [-0.15, -0.1) is 5.10 Å². The summed E-state index contributed by atoms with van der Waals surface area (Å²) in [6.45, 7) is -0.308. The lowest BCUT2D eigenvalue weighted by molar-refractivity contribution is 0.0544. The third kappa shape index (κ3) is 2.92. The minimum Gasteiger partial charge on any atom is -0.464 e. The number of carbonyl (C=O) groups is 2. The molecule has 1 heterocycles. The molecule has 1 aromatic heterocycles. The Hall–Kier alpha value is -2.84. The van der Waals surface area contributed by atoms with Crippen molar-refractivity contribution in [1.29, 1.82) is 0 Å². The van der Waals surface area contributed by atoms with E-state index in [1.54, 1.807) is 0 Å². The minimum absolute atomic E-state index is 0.0635. The highest BCUT2D eigenvalue weighted by molar-refractivity contribution is 6.00. The van der Waals surface area contributed by atoms with Gasteiger partial charge in [-0.25, -0.2) is 23.1 Å². The molecule has 0 spiro atoms. The van der Waals surface area contributed by atoms with Gasteiger partial charge in [-0.05, 0) is 18.2 Å². The molecule has 0 atom stereocenters. The Bertz CT molecular complexity index is 730. The molecule has 0 N–H and O–H groups in total. The molecule has 0 fully saturated rings. The van der Waals surface area contributed by atoms with E-state index in [0.717, 1.165) is 37.1 Å². The number of aromatic nitrogens is 3. The third-order valence-corrected chi connectivity index (χ3v) is 2.82. The Morgan fingerprint density at radius 1 is 1.18 bits per heavy atom. The van der Waals surface area contributed by atoms with E-state index in [1.165, 1.54) is 0 Å². The molecule has 0 unspecified atom stereocenters. The predicted molar refractivity (Wildman–Crippen MR) is 68.2 cm³/mol.